The summed E-state index contributed by atoms with van der Waals surface area (Å²) in [6.07, 6.45) is 0.483. The fourth-order valence-electron chi connectivity index (χ4n) is 2.28. The first kappa shape index (κ1) is 16.6. The fourth-order valence-corrected chi connectivity index (χ4v) is 3.84. The van der Waals surface area contributed by atoms with Gasteiger partial charge in [-0.25, -0.2) is 4.79 Å². The number of thiophene rings is 1. The number of nitrogens with two attached hydrogens (primary N) is 1. The van der Waals surface area contributed by atoms with Gasteiger partial charge in [-0.15, -0.1) is 11.3 Å². The number of nitrogens with zero attached hydrogens (tertiary/aromatic N) is 1. The molecule has 0 saturated heterocycles. The zero-order valence-electron chi connectivity index (χ0n) is 12.2. The van der Waals surface area contributed by atoms with Crippen LogP contribution in [0.5, 0.6) is 0 Å². The summed E-state index contributed by atoms with van der Waals surface area (Å²) < 4.78 is 11.5. The van der Waals surface area contributed by atoms with E-state index in [1.165, 1.54) is 11.3 Å². The molecule has 2 N–H and O–H groups in total. The maximum absolute atomic E-state index is 12.4. The smallest absolute Gasteiger partial charge is 0.338 e. The van der Waals surface area contributed by atoms with E-state index >= 15 is 0 Å². The molecule has 1 aromatic rings. The molecule has 0 saturated carbocycles. The summed E-state index contributed by atoms with van der Waals surface area (Å²) in [6.45, 7) is 3.85. The van der Waals surface area contributed by atoms with Crippen molar-refractivity contribution in [3.05, 3.63) is 43.6 Å². The van der Waals surface area contributed by atoms with E-state index in [2.05, 4.69) is 22.0 Å². The lowest BCUT2D eigenvalue weighted by molar-refractivity contribution is -0.139. The van der Waals surface area contributed by atoms with Crippen LogP contribution < -0.4 is 5.73 Å². The van der Waals surface area contributed by atoms with Crippen molar-refractivity contribution in [2.45, 2.75) is 26.2 Å². The second-order valence-electron chi connectivity index (χ2n) is 4.50. The number of allylic oxidation sites excluding steroid dienone is 2. The van der Waals surface area contributed by atoms with Crippen molar-refractivity contribution in [2.24, 2.45) is 5.73 Å². The zero-order valence-corrected chi connectivity index (χ0v) is 14.6. The average Bonchev–Trinajstić information content (AvgIpc) is 2.92. The van der Waals surface area contributed by atoms with E-state index < -0.39 is 11.9 Å². The molecule has 0 aromatic carbocycles. The molecule has 1 aliphatic rings. The maximum Gasteiger partial charge on any atom is 0.338 e. The molecule has 1 atom stereocenters. The zero-order chi connectivity index (χ0) is 16.3. The standard InChI is InChI=1S/C15H15BrN2O3S/c1-3-10-13(15(19)20-4-2)12(9(6-17)14(18)21-10)11-5-8(16)7-22-11/h5,7,12H,3-4,18H2,1-2H3/t12-/m1/s1. The van der Waals surface area contributed by atoms with Gasteiger partial charge in [-0.3, -0.25) is 0 Å². The molecule has 0 unspecified atom stereocenters. The number of nitriles is 1. The Hall–Kier alpha value is -1.78. The van der Waals surface area contributed by atoms with Crippen LogP contribution in [0.1, 0.15) is 31.1 Å². The minimum absolute atomic E-state index is 0.0434. The van der Waals surface area contributed by atoms with Crippen LogP contribution in [0.2, 0.25) is 0 Å². The molecule has 22 heavy (non-hydrogen) atoms. The van der Waals surface area contributed by atoms with E-state index in [9.17, 15) is 10.1 Å². The summed E-state index contributed by atoms with van der Waals surface area (Å²) in [5, 5.41) is 11.3. The number of carbonyl (C=O) groups excluding carboxylic acids is 1. The first-order chi connectivity index (χ1) is 10.5. The van der Waals surface area contributed by atoms with Gasteiger partial charge in [0.05, 0.1) is 18.1 Å². The summed E-state index contributed by atoms with van der Waals surface area (Å²) in [6, 6.07) is 3.93. The molecule has 0 aliphatic carbocycles. The summed E-state index contributed by atoms with van der Waals surface area (Å²) in [7, 11) is 0. The van der Waals surface area contributed by atoms with Gasteiger partial charge in [-0.2, -0.15) is 5.26 Å². The van der Waals surface area contributed by atoms with Crippen LogP contribution in [-0.4, -0.2) is 12.6 Å². The minimum atomic E-state index is -0.552. The molecule has 2 heterocycles. The Morgan fingerprint density at radius 2 is 2.32 bits per heavy atom. The van der Waals surface area contributed by atoms with Crippen molar-refractivity contribution >= 4 is 33.2 Å². The minimum Gasteiger partial charge on any atom is -0.463 e. The molecule has 7 heteroatoms. The van der Waals surface area contributed by atoms with Crippen LogP contribution in [0.4, 0.5) is 0 Å². The van der Waals surface area contributed by atoms with Crippen LogP contribution in [0.25, 0.3) is 0 Å². The van der Waals surface area contributed by atoms with Crippen LogP contribution in [-0.2, 0) is 14.3 Å². The van der Waals surface area contributed by atoms with Crippen molar-refractivity contribution in [1.82, 2.24) is 0 Å². The molecular formula is C15H15BrN2O3S. The van der Waals surface area contributed by atoms with Gasteiger partial charge in [0.2, 0.25) is 5.88 Å². The van der Waals surface area contributed by atoms with Crippen LogP contribution in [0, 0.1) is 11.3 Å². The molecule has 2 rings (SSSR count). The highest BCUT2D eigenvalue weighted by Crippen LogP contribution is 2.43. The van der Waals surface area contributed by atoms with Crippen LogP contribution in [0.3, 0.4) is 0 Å². The normalized spacial score (nSPS) is 18.0. The quantitative estimate of drug-likeness (QED) is 0.804. The Balaban J connectivity index is 2.62. The average molecular weight is 383 g/mol. The van der Waals surface area contributed by atoms with E-state index in [4.69, 9.17) is 15.2 Å². The van der Waals surface area contributed by atoms with E-state index in [0.717, 1.165) is 9.35 Å². The number of hydrogen-bond donors (Lipinski definition) is 1. The Kier molecular flexibility index (Phi) is 5.27. The second kappa shape index (κ2) is 6.99. The number of rotatable bonds is 4. The summed E-state index contributed by atoms with van der Waals surface area (Å²) >= 11 is 4.84. The third-order valence-electron chi connectivity index (χ3n) is 3.19. The van der Waals surface area contributed by atoms with Crippen LogP contribution >= 0.6 is 27.3 Å². The van der Waals surface area contributed by atoms with Gasteiger partial charge in [0.15, 0.2) is 0 Å². The van der Waals surface area contributed by atoms with Gasteiger partial charge in [-0.1, -0.05) is 6.92 Å². The van der Waals surface area contributed by atoms with Gasteiger partial charge >= 0.3 is 5.97 Å². The van der Waals surface area contributed by atoms with Gasteiger partial charge in [0.25, 0.3) is 0 Å². The number of carbonyl (C=O) groups is 1. The number of hydrogen-bond acceptors (Lipinski definition) is 6. The highest BCUT2D eigenvalue weighted by molar-refractivity contribution is 9.10. The lowest BCUT2D eigenvalue weighted by Crippen LogP contribution is -2.25. The Bertz CT molecular complexity index is 700. The molecule has 5 nitrogen and oxygen atoms in total. The lowest BCUT2D eigenvalue weighted by Gasteiger charge is -2.26. The molecule has 0 bridgehead atoms. The van der Waals surface area contributed by atoms with E-state index in [1.807, 2.05) is 18.4 Å². The maximum atomic E-state index is 12.4. The van der Waals surface area contributed by atoms with Crippen LogP contribution in [0.15, 0.2) is 38.7 Å². The molecular weight excluding hydrogens is 368 g/mol. The molecule has 1 aliphatic heterocycles. The fraction of sp³-hybridized carbons (Fsp3) is 0.333. The van der Waals surface area contributed by atoms with Crippen molar-refractivity contribution in [3.8, 4) is 6.07 Å². The first-order valence-electron chi connectivity index (χ1n) is 6.75. The van der Waals surface area contributed by atoms with Gasteiger partial charge in [-0.05, 0) is 28.9 Å². The largest absolute Gasteiger partial charge is 0.463 e. The third-order valence-corrected chi connectivity index (χ3v) is 4.94. The molecule has 116 valence electrons. The van der Waals surface area contributed by atoms with Gasteiger partial charge < -0.3 is 15.2 Å². The summed E-state index contributed by atoms with van der Waals surface area (Å²) in [5.41, 5.74) is 6.45. The lowest BCUT2D eigenvalue weighted by atomic mass is 9.87. The summed E-state index contributed by atoms with van der Waals surface area (Å²) in [5.74, 6) is -0.537. The number of ether oxygens (including phenoxy) is 2. The third kappa shape index (κ3) is 3.03. The monoisotopic (exact) mass is 382 g/mol. The SMILES string of the molecule is CCOC(=O)C1=C(CC)OC(N)=C(C#N)[C@@H]1c1cc(Br)cs1. The summed E-state index contributed by atoms with van der Waals surface area (Å²) in [4.78, 5) is 13.2. The van der Waals surface area contributed by atoms with E-state index in [1.54, 1.807) is 6.92 Å². The second-order valence-corrected chi connectivity index (χ2v) is 6.36. The number of halogens is 1. The molecule has 0 spiro atoms. The Labute approximate surface area is 141 Å². The molecule has 0 radical (unpaired) electrons. The highest BCUT2D eigenvalue weighted by Gasteiger charge is 2.37. The Morgan fingerprint density at radius 3 is 2.82 bits per heavy atom. The Morgan fingerprint density at radius 1 is 1.59 bits per heavy atom. The van der Waals surface area contributed by atoms with Crippen molar-refractivity contribution in [2.75, 3.05) is 6.61 Å². The predicted octanol–water partition coefficient (Wildman–Crippen LogP) is 3.55. The predicted molar refractivity (Wildman–Crippen MR) is 86.6 cm³/mol. The topological polar surface area (TPSA) is 85.3 Å². The van der Waals surface area contributed by atoms with Gasteiger partial charge in [0.1, 0.15) is 17.4 Å². The van der Waals surface area contributed by atoms with E-state index in [0.29, 0.717) is 17.8 Å². The molecule has 0 fully saturated rings. The number of esters is 1. The van der Waals surface area contributed by atoms with Gasteiger partial charge in [0, 0.05) is 21.2 Å². The van der Waals surface area contributed by atoms with E-state index in [-0.39, 0.29) is 18.1 Å². The van der Waals surface area contributed by atoms with Crippen molar-refractivity contribution < 1.29 is 14.3 Å². The van der Waals surface area contributed by atoms with Crippen molar-refractivity contribution in [1.29, 1.82) is 5.26 Å². The van der Waals surface area contributed by atoms with Crippen molar-refractivity contribution in [3.63, 3.8) is 0 Å². The molecule has 0 amide bonds. The highest BCUT2D eigenvalue weighted by atomic mass is 79.9. The molecule has 1 aromatic heterocycles. The first-order valence-corrected chi connectivity index (χ1v) is 8.42.